The van der Waals surface area contributed by atoms with Gasteiger partial charge in [0, 0.05) is 22.8 Å². The number of nitriles is 1. The molecule has 0 aliphatic heterocycles. The summed E-state index contributed by atoms with van der Waals surface area (Å²) in [6.07, 6.45) is 6.44. The lowest BCUT2D eigenvalue weighted by molar-refractivity contribution is 0.549. The molecule has 4 aromatic carbocycles. The van der Waals surface area contributed by atoms with Crippen molar-refractivity contribution in [2.24, 2.45) is 0 Å². The summed E-state index contributed by atoms with van der Waals surface area (Å²) >= 11 is 0. The van der Waals surface area contributed by atoms with Gasteiger partial charge in [0.1, 0.15) is 11.3 Å². The molecule has 33 heavy (non-hydrogen) atoms. The van der Waals surface area contributed by atoms with Crippen LogP contribution in [0.3, 0.4) is 0 Å². The first-order valence-electron chi connectivity index (χ1n) is 11.6. The highest BCUT2D eigenvalue weighted by molar-refractivity contribution is 6.13. The normalized spacial score (nSPS) is 12.2. The standard InChI is InChI=1S/C29H19NO.C2H6/c30-18-19-9-11-20(12-10-19)21-13-15-22(16-14-21)26-17-27-24-6-3-4-8-28(24)31-29(27)25-7-2-1-5-23(25)26;1-2/h1-3,5-7,9-17H,4,8H2;1-2H3. The second-order valence-corrected chi connectivity index (χ2v) is 7.99. The molecule has 0 radical (unpaired) electrons. The van der Waals surface area contributed by atoms with Gasteiger partial charge in [-0.15, -0.1) is 0 Å². The van der Waals surface area contributed by atoms with Gasteiger partial charge in [-0.25, -0.2) is 0 Å². The molecular formula is C31H25NO. The van der Waals surface area contributed by atoms with Crippen LogP contribution >= 0.6 is 0 Å². The van der Waals surface area contributed by atoms with Crippen LogP contribution in [0.4, 0.5) is 0 Å². The highest BCUT2D eigenvalue weighted by atomic mass is 16.3. The van der Waals surface area contributed by atoms with E-state index in [0.29, 0.717) is 5.56 Å². The van der Waals surface area contributed by atoms with Crippen molar-refractivity contribution in [1.82, 2.24) is 0 Å². The van der Waals surface area contributed by atoms with Gasteiger partial charge < -0.3 is 4.42 Å². The summed E-state index contributed by atoms with van der Waals surface area (Å²) in [7, 11) is 0. The Kier molecular flexibility index (Phi) is 5.55. The van der Waals surface area contributed by atoms with Crippen molar-refractivity contribution in [3.8, 4) is 28.3 Å². The highest BCUT2D eigenvalue weighted by Crippen LogP contribution is 2.40. The molecule has 0 atom stereocenters. The lowest BCUT2D eigenvalue weighted by atomic mass is 9.93. The molecular weight excluding hydrogens is 402 g/mol. The van der Waals surface area contributed by atoms with Crippen molar-refractivity contribution in [3.63, 3.8) is 0 Å². The van der Waals surface area contributed by atoms with E-state index >= 15 is 0 Å². The van der Waals surface area contributed by atoms with Crippen molar-refractivity contribution in [2.45, 2.75) is 26.7 Å². The van der Waals surface area contributed by atoms with Crippen molar-refractivity contribution in [1.29, 1.82) is 5.26 Å². The molecule has 1 heterocycles. The van der Waals surface area contributed by atoms with Crippen molar-refractivity contribution < 1.29 is 4.42 Å². The van der Waals surface area contributed by atoms with Gasteiger partial charge in [0.25, 0.3) is 0 Å². The minimum atomic E-state index is 0.678. The molecule has 160 valence electrons. The van der Waals surface area contributed by atoms with E-state index in [4.69, 9.17) is 9.68 Å². The van der Waals surface area contributed by atoms with Gasteiger partial charge in [0.2, 0.25) is 0 Å². The number of hydrogen-bond acceptors (Lipinski definition) is 2. The van der Waals surface area contributed by atoms with Gasteiger partial charge >= 0.3 is 0 Å². The Morgan fingerprint density at radius 3 is 2.09 bits per heavy atom. The first kappa shape index (κ1) is 20.8. The van der Waals surface area contributed by atoms with Gasteiger partial charge in [0.15, 0.2) is 0 Å². The third-order valence-corrected chi connectivity index (χ3v) is 6.18. The Morgan fingerprint density at radius 2 is 1.39 bits per heavy atom. The zero-order valence-corrected chi connectivity index (χ0v) is 18.9. The molecule has 1 aliphatic carbocycles. The molecule has 0 fully saturated rings. The van der Waals surface area contributed by atoms with Crippen LogP contribution in [0.2, 0.25) is 0 Å². The number of hydrogen-bond donors (Lipinski definition) is 0. The van der Waals surface area contributed by atoms with Crippen molar-refractivity contribution in [2.75, 3.05) is 0 Å². The second-order valence-electron chi connectivity index (χ2n) is 7.99. The predicted molar refractivity (Wildman–Crippen MR) is 138 cm³/mol. The number of furan rings is 1. The van der Waals surface area contributed by atoms with Crippen molar-refractivity contribution >= 4 is 27.8 Å². The van der Waals surface area contributed by atoms with E-state index in [1.54, 1.807) is 0 Å². The van der Waals surface area contributed by atoms with E-state index < -0.39 is 0 Å². The summed E-state index contributed by atoms with van der Waals surface area (Å²) in [5.74, 6) is 1.09. The summed E-state index contributed by atoms with van der Waals surface area (Å²) < 4.78 is 6.32. The lowest BCUT2D eigenvalue weighted by Gasteiger charge is -2.10. The Bertz CT molecular complexity index is 1510. The van der Waals surface area contributed by atoms with Crippen LogP contribution in [0.25, 0.3) is 50.1 Å². The van der Waals surface area contributed by atoms with Gasteiger partial charge in [-0.05, 0) is 52.3 Å². The summed E-state index contributed by atoms with van der Waals surface area (Å²) in [6, 6.07) is 29.4. The molecule has 2 nitrogen and oxygen atoms in total. The average molecular weight is 428 g/mol. The first-order chi connectivity index (χ1) is 16.3. The maximum atomic E-state index is 9.02. The van der Waals surface area contributed by atoms with E-state index in [0.717, 1.165) is 40.7 Å². The molecule has 0 bridgehead atoms. The molecule has 0 amide bonds. The molecule has 0 spiro atoms. The number of rotatable bonds is 2. The zero-order valence-electron chi connectivity index (χ0n) is 18.9. The summed E-state index contributed by atoms with van der Waals surface area (Å²) in [5.41, 5.74) is 7.55. The second kappa shape index (κ2) is 8.81. The third kappa shape index (κ3) is 3.62. The molecule has 0 saturated carbocycles. The van der Waals surface area contributed by atoms with Gasteiger partial charge in [-0.1, -0.05) is 86.7 Å². The quantitative estimate of drug-likeness (QED) is 0.282. The molecule has 0 unspecified atom stereocenters. The molecule has 0 saturated heterocycles. The van der Waals surface area contributed by atoms with E-state index in [-0.39, 0.29) is 0 Å². The van der Waals surface area contributed by atoms with Crippen LogP contribution in [-0.4, -0.2) is 0 Å². The third-order valence-electron chi connectivity index (χ3n) is 6.18. The monoisotopic (exact) mass is 427 g/mol. The molecule has 2 heteroatoms. The topological polar surface area (TPSA) is 36.9 Å². The highest BCUT2D eigenvalue weighted by Gasteiger charge is 2.18. The summed E-state index contributed by atoms with van der Waals surface area (Å²) in [4.78, 5) is 0. The predicted octanol–water partition coefficient (Wildman–Crippen LogP) is 8.78. The smallest absolute Gasteiger partial charge is 0.142 e. The van der Waals surface area contributed by atoms with Crippen LogP contribution in [0.15, 0.2) is 89.4 Å². The number of benzene rings is 4. The first-order valence-corrected chi connectivity index (χ1v) is 11.6. The SMILES string of the molecule is CC.N#Cc1ccc(-c2ccc(-c3cc4c5c(oc4c4ccccc34)CCC=C5)cc2)cc1. The van der Waals surface area contributed by atoms with E-state index in [1.807, 2.05) is 38.1 Å². The lowest BCUT2D eigenvalue weighted by Crippen LogP contribution is -1.88. The van der Waals surface area contributed by atoms with E-state index in [2.05, 4.69) is 72.8 Å². The number of fused-ring (bicyclic) bond motifs is 5. The fourth-order valence-electron chi connectivity index (χ4n) is 4.59. The van der Waals surface area contributed by atoms with Crippen molar-refractivity contribution in [3.05, 3.63) is 102 Å². The number of aryl methyl sites for hydroxylation is 1. The van der Waals surface area contributed by atoms with E-state index in [1.165, 1.54) is 27.5 Å². The van der Waals surface area contributed by atoms with Gasteiger partial charge in [-0.2, -0.15) is 5.26 Å². The van der Waals surface area contributed by atoms with E-state index in [9.17, 15) is 0 Å². The maximum absolute atomic E-state index is 9.02. The summed E-state index contributed by atoms with van der Waals surface area (Å²) in [6.45, 7) is 4.00. The average Bonchev–Trinajstić information content (AvgIpc) is 3.28. The van der Waals surface area contributed by atoms with Crippen LogP contribution in [-0.2, 0) is 6.42 Å². The van der Waals surface area contributed by atoms with Crippen LogP contribution < -0.4 is 0 Å². The molecule has 1 aliphatic rings. The Labute approximate surface area is 194 Å². The largest absolute Gasteiger partial charge is 0.460 e. The molecule has 6 rings (SSSR count). The Balaban J connectivity index is 0.00000111. The van der Waals surface area contributed by atoms with Crippen LogP contribution in [0, 0.1) is 11.3 Å². The number of nitrogens with zero attached hydrogens (tertiary/aromatic N) is 1. The fraction of sp³-hybridized carbons (Fsp3) is 0.129. The molecule has 5 aromatic rings. The van der Waals surface area contributed by atoms with Crippen LogP contribution in [0.1, 0.15) is 37.2 Å². The maximum Gasteiger partial charge on any atom is 0.142 e. The molecule has 1 aromatic heterocycles. The fourth-order valence-corrected chi connectivity index (χ4v) is 4.59. The van der Waals surface area contributed by atoms with Gasteiger partial charge in [0.05, 0.1) is 11.6 Å². The number of allylic oxidation sites excluding steroid dienone is 1. The van der Waals surface area contributed by atoms with Gasteiger partial charge in [-0.3, -0.25) is 0 Å². The van der Waals surface area contributed by atoms with Crippen LogP contribution in [0.5, 0.6) is 0 Å². The molecule has 0 N–H and O–H groups in total. The Hall–Kier alpha value is -4.09. The Morgan fingerprint density at radius 1 is 0.758 bits per heavy atom. The minimum absolute atomic E-state index is 0.678. The zero-order chi connectivity index (χ0) is 22.8. The summed E-state index contributed by atoms with van der Waals surface area (Å²) in [5, 5.41) is 12.6. The minimum Gasteiger partial charge on any atom is -0.460 e.